The topological polar surface area (TPSA) is 38.8 Å². The van der Waals surface area contributed by atoms with Crippen molar-refractivity contribution in [3.8, 4) is 11.5 Å². The van der Waals surface area contributed by atoms with Gasteiger partial charge in [0, 0.05) is 19.0 Å². The lowest BCUT2D eigenvalue weighted by Crippen LogP contribution is -2.33. The molecule has 4 nitrogen and oxygen atoms in total. The zero-order valence-corrected chi connectivity index (χ0v) is 11.2. The first-order valence-corrected chi connectivity index (χ1v) is 6.92. The van der Waals surface area contributed by atoms with E-state index in [0.29, 0.717) is 18.9 Å². The number of para-hydroxylation sites is 1. The van der Waals surface area contributed by atoms with Gasteiger partial charge in [-0.3, -0.25) is 4.79 Å². The van der Waals surface area contributed by atoms with Crippen molar-refractivity contribution in [3.63, 3.8) is 0 Å². The molecule has 2 heterocycles. The third-order valence-corrected chi connectivity index (χ3v) is 3.96. The van der Waals surface area contributed by atoms with Crippen LogP contribution in [0.15, 0.2) is 18.2 Å². The average Bonchev–Trinajstić information content (AvgIpc) is 3.04. The second-order valence-electron chi connectivity index (χ2n) is 5.23. The second-order valence-corrected chi connectivity index (χ2v) is 5.23. The summed E-state index contributed by atoms with van der Waals surface area (Å²) in [6, 6.07) is 6.25. The standard InChI is InChI=1S/C15H19NO3/c1-11-4-3-9-16(11)14(17)8-7-12-5-2-6-13-15(12)19-10-18-13/h2,5-6,11H,3-4,7-10H2,1H3. The van der Waals surface area contributed by atoms with Gasteiger partial charge in [-0.25, -0.2) is 0 Å². The normalized spacial score (nSPS) is 20.9. The summed E-state index contributed by atoms with van der Waals surface area (Å²) in [6.07, 6.45) is 3.52. The van der Waals surface area contributed by atoms with Gasteiger partial charge in [-0.2, -0.15) is 0 Å². The molecule has 3 rings (SSSR count). The van der Waals surface area contributed by atoms with Crippen molar-refractivity contribution >= 4 is 5.91 Å². The number of fused-ring (bicyclic) bond motifs is 1. The Hall–Kier alpha value is -1.71. The number of carbonyl (C=O) groups excluding carboxylic acids is 1. The Labute approximate surface area is 113 Å². The lowest BCUT2D eigenvalue weighted by atomic mass is 10.1. The number of aryl methyl sites for hydroxylation is 1. The van der Waals surface area contributed by atoms with E-state index in [2.05, 4.69) is 6.92 Å². The number of hydrogen-bond acceptors (Lipinski definition) is 3. The van der Waals surface area contributed by atoms with Crippen molar-refractivity contribution in [1.29, 1.82) is 0 Å². The van der Waals surface area contributed by atoms with Gasteiger partial charge in [-0.15, -0.1) is 0 Å². The van der Waals surface area contributed by atoms with E-state index >= 15 is 0 Å². The van der Waals surface area contributed by atoms with Crippen molar-refractivity contribution in [2.24, 2.45) is 0 Å². The van der Waals surface area contributed by atoms with Crippen LogP contribution in [-0.2, 0) is 11.2 Å². The molecule has 0 spiro atoms. The molecule has 0 aromatic heterocycles. The monoisotopic (exact) mass is 261 g/mol. The lowest BCUT2D eigenvalue weighted by molar-refractivity contribution is -0.131. The van der Waals surface area contributed by atoms with Crippen LogP contribution < -0.4 is 9.47 Å². The Morgan fingerprint density at radius 3 is 3.11 bits per heavy atom. The van der Waals surface area contributed by atoms with Gasteiger partial charge in [0.25, 0.3) is 0 Å². The first kappa shape index (κ1) is 12.3. The van der Waals surface area contributed by atoms with Crippen molar-refractivity contribution < 1.29 is 14.3 Å². The molecule has 19 heavy (non-hydrogen) atoms. The molecule has 1 aromatic rings. The van der Waals surface area contributed by atoms with Crippen LogP contribution in [0, 0.1) is 0 Å². The van der Waals surface area contributed by atoms with Gasteiger partial charge >= 0.3 is 0 Å². The molecule has 0 aliphatic carbocycles. The zero-order chi connectivity index (χ0) is 13.2. The highest BCUT2D eigenvalue weighted by Crippen LogP contribution is 2.36. The van der Waals surface area contributed by atoms with Crippen LogP contribution >= 0.6 is 0 Å². The van der Waals surface area contributed by atoms with E-state index in [4.69, 9.17) is 9.47 Å². The van der Waals surface area contributed by atoms with Crippen molar-refractivity contribution in [2.45, 2.75) is 38.6 Å². The first-order chi connectivity index (χ1) is 9.25. The number of carbonyl (C=O) groups is 1. The summed E-state index contributed by atoms with van der Waals surface area (Å²) in [6.45, 7) is 3.32. The van der Waals surface area contributed by atoms with Gasteiger partial charge in [0.05, 0.1) is 0 Å². The van der Waals surface area contributed by atoms with Crippen LogP contribution in [0.5, 0.6) is 11.5 Å². The molecule has 1 amide bonds. The molecular weight excluding hydrogens is 242 g/mol. The van der Waals surface area contributed by atoms with Gasteiger partial charge in [-0.05, 0) is 37.8 Å². The summed E-state index contributed by atoms with van der Waals surface area (Å²) in [7, 11) is 0. The Morgan fingerprint density at radius 1 is 1.42 bits per heavy atom. The van der Waals surface area contributed by atoms with Gasteiger partial charge in [0.15, 0.2) is 11.5 Å². The summed E-state index contributed by atoms with van der Waals surface area (Å²) >= 11 is 0. The van der Waals surface area contributed by atoms with E-state index in [1.807, 2.05) is 23.1 Å². The molecular formula is C15H19NO3. The average molecular weight is 261 g/mol. The highest BCUT2D eigenvalue weighted by atomic mass is 16.7. The van der Waals surface area contributed by atoms with Crippen molar-refractivity contribution in [1.82, 2.24) is 4.90 Å². The Kier molecular flexibility index (Phi) is 3.32. The van der Waals surface area contributed by atoms with E-state index in [-0.39, 0.29) is 12.7 Å². The Morgan fingerprint density at radius 2 is 2.32 bits per heavy atom. The summed E-state index contributed by atoms with van der Waals surface area (Å²) < 4.78 is 10.8. The maximum atomic E-state index is 12.2. The summed E-state index contributed by atoms with van der Waals surface area (Å²) in [4.78, 5) is 14.2. The largest absolute Gasteiger partial charge is 0.454 e. The first-order valence-electron chi connectivity index (χ1n) is 6.92. The second kappa shape index (κ2) is 5.11. The van der Waals surface area contributed by atoms with Crippen LogP contribution in [0.1, 0.15) is 31.7 Å². The molecule has 0 N–H and O–H groups in total. The van der Waals surface area contributed by atoms with Gasteiger partial charge in [-0.1, -0.05) is 12.1 Å². The molecule has 1 atom stereocenters. The molecule has 1 aromatic carbocycles. The minimum absolute atomic E-state index is 0.251. The number of nitrogens with zero attached hydrogens (tertiary/aromatic N) is 1. The molecule has 1 saturated heterocycles. The van der Waals surface area contributed by atoms with E-state index in [0.717, 1.165) is 36.4 Å². The number of amides is 1. The predicted octanol–water partition coefficient (Wildman–Crippen LogP) is 2.36. The van der Waals surface area contributed by atoms with Crippen LogP contribution in [0.3, 0.4) is 0 Å². The molecule has 2 aliphatic heterocycles. The van der Waals surface area contributed by atoms with Crippen LogP contribution in [0.2, 0.25) is 0 Å². The predicted molar refractivity (Wildman–Crippen MR) is 71.3 cm³/mol. The number of hydrogen-bond donors (Lipinski definition) is 0. The fourth-order valence-corrected chi connectivity index (χ4v) is 2.88. The van der Waals surface area contributed by atoms with Crippen LogP contribution in [0.4, 0.5) is 0 Å². The summed E-state index contributed by atoms with van der Waals surface area (Å²) in [5.41, 5.74) is 1.07. The summed E-state index contributed by atoms with van der Waals surface area (Å²) in [5, 5.41) is 0. The highest BCUT2D eigenvalue weighted by molar-refractivity contribution is 5.77. The fraction of sp³-hybridized carbons (Fsp3) is 0.533. The van der Waals surface area contributed by atoms with Crippen LogP contribution in [0.25, 0.3) is 0 Å². The number of ether oxygens (including phenoxy) is 2. The van der Waals surface area contributed by atoms with Gasteiger partial charge in [0.2, 0.25) is 12.7 Å². The molecule has 1 fully saturated rings. The SMILES string of the molecule is CC1CCCN1C(=O)CCc1cccc2c1OCO2. The van der Waals surface area contributed by atoms with E-state index in [1.165, 1.54) is 0 Å². The van der Waals surface area contributed by atoms with Crippen molar-refractivity contribution in [2.75, 3.05) is 13.3 Å². The zero-order valence-electron chi connectivity index (χ0n) is 11.2. The minimum Gasteiger partial charge on any atom is -0.454 e. The summed E-state index contributed by atoms with van der Waals surface area (Å²) in [5.74, 6) is 1.85. The number of rotatable bonds is 3. The molecule has 102 valence electrons. The van der Waals surface area contributed by atoms with Crippen LogP contribution in [-0.4, -0.2) is 30.2 Å². The van der Waals surface area contributed by atoms with Gasteiger partial charge in [0.1, 0.15) is 0 Å². The fourth-order valence-electron chi connectivity index (χ4n) is 2.88. The van der Waals surface area contributed by atoms with Gasteiger partial charge < -0.3 is 14.4 Å². The van der Waals surface area contributed by atoms with Crippen molar-refractivity contribution in [3.05, 3.63) is 23.8 Å². The van der Waals surface area contributed by atoms with E-state index < -0.39 is 0 Å². The lowest BCUT2D eigenvalue weighted by Gasteiger charge is -2.21. The highest BCUT2D eigenvalue weighted by Gasteiger charge is 2.25. The molecule has 0 bridgehead atoms. The molecule has 2 aliphatic rings. The van der Waals surface area contributed by atoms with E-state index in [1.54, 1.807) is 0 Å². The molecule has 0 saturated carbocycles. The number of likely N-dealkylation sites (tertiary alicyclic amines) is 1. The van der Waals surface area contributed by atoms with E-state index in [9.17, 15) is 4.79 Å². The third kappa shape index (κ3) is 2.39. The molecule has 0 radical (unpaired) electrons. The number of benzene rings is 1. The Bertz CT molecular complexity index is 486. The smallest absolute Gasteiger partial charge is 0.231 e. The third-order valence-electron chi connectivity index (χ3n) is 3.96. The quantitative estimate of drug-likeness (QED) is 0.838. The minimum atomic E-state index is 0.251. The maximum absolute atomic E-state index is 12.2. The molecule has 4 heteroatoms. The maximum Gasteiger partial charge on any atom is 0.231 e. The Balaban J connectivity index is 1.63. The molecule has 1 unspecified atom stereocenters.